The molecule has 0 aliphatic carbocycles. The first kappa shape index (κ1) is 21.9. The Balaban J connectivity index is 4.96. The summed E-state index contributed by atoms with van der Waals surface area (Å²) in [5.41, 5.74) is -0.0763. The fourth-order valence-corrected chi connectivity index (χ4v) is 4.63. The minimum atomic E-state index is -3.40. The predicted octanol–water partition coefficient (Wildman–Crippen LogP) is 5.69. The Morgan fingerprint density at radius 1 is 0.727 bits per heavy atom. The summed E-state index contributed by atoms with van der Waals surface area (Å²) in [5.74, 6) is 0.212. The molecule has 0 amide bonds. The van der Waals surface area contributed by atoms with Gasteiger partial charge in [0.25, 0.3) is 10.1 Å². The molecule has 0 saturated heterocycles. The zero-order chi connectivity index (χ0) is 16.9. The monoisotopic (exact) mass is 334 g/mol. The van der Waals surface area contributed by atoms with Gasteiger partial charge in [-0.05, 0) is 31.1 Å². The van der Waals surface area contributed by atoms with E-state index in [1.165, 1.54) is 0 Å². The van der Waals surface area contributed by atoms with Gasteiger partial charge in [0.1, 0.15) is 0 Å². The number of unbranched alkanes of at least 4 members (excludes halogenated alkanes) is 4. The van der Waals surface area contributed by atoms with E-state index in [0.29, 0.717) is 6.61 Å². The largest absolute Gasteiger partial charge is 0.270 e. The molecule has 134 valence electrons. The SMILES string of the molecule is CCCCOS(=O)(=O)CC(CCCC)(CCCC)CCCC. The maximum atomic E-state index is 12.4. The molecule has 0 aromatic carbocycles. The summed E-state index contributed by atoms with van der Waals surface area (Å²) in [6, 6.07) is 0. The van der Waals surface area contributed by atoms with Crippen molar-refractivity contribution in [3.05, 3.63) is 0 Å². The third-order valence-corrected chi connectivity index (χ3v) is 5.92. The van der Waals surface area contributed by atoms with Crippen molar-refractivity contribution in [3.63, 3.8) is 0 Å². The fourth-order valence-electron chi connectivity index (χ4n) is 2.99. The molecule has 0 radical (unpaired) electrons. The molecule has 0 aromatic heterocycles. The predicted molar refractivity (Wildman–Crippen MR) is 95.7 cm³/mol. The van der Waals surface area contributed by atoms with Crippen LogP contribution >= 0.6 is 0 Å². The van der Waals surface area contributed by atoms with Gasteiger partial charge in [-0.3, -0.25) is 4.18 Å². The van der Waals surface area contributed by atoms with Gasteiger partial charge in [0.15, 0.2) is 0 Å². The Labute approximate surface area is 139 Å². The van der Waals surface area contributed by atoms with E-state index in [1.54, 1.807) is 0 Å². The second-order valence-corrected chi connectivity index (χ2v) is 8.33. The van der Waals surface area contributed by atoms with Crippen LogP contribution in [0, 0.1) is 5.41 Å². The first-order chi connectivity index (χ1) is 10.4. The van der Waals surface area contributed by atoms with Crippen LogP contribution in [0.1, 0.15) is 98.3 Å². The first-order valence-electron chi connectivity index (χ1n) is 9.32. The van der Waals surface area contributed by atoms with Crippen LogP contribution in [-0.4, -0.2) is 20.8 Å². The fraction of sp³-hybridized carbons (Fsp3) is 1.00. The van der Waals surface area contributed by atoms with Crippen molar-refractivity contribution >= 4 is 10.1 Å². The molecule has 0 unspecified atom stereocenters. The van der Waals surface area contributed by atoms with Gasteiger partial charge in [0, 0.05) is 0 Å². The van der Waals surface area contributed by atoms with Gasteiger partial charge in [-0.15, -0.1) is 0 Å². The van der Waals surface area contributed by atoms with Crippen molar-refractivity contribution in [2.75, 3.05) is 12.4 Å². The topological polar surface area (TPSA) is 43.4 Å². The molecular formula is C18H38O3S. The van der Waals surface area contributed by atoms with Gasteiger partial charge < -0.3 is 0 Å². The highest BCUT2D eigenvalue weighted by molar-refractivity contribution is 7.86. The summed E-state index contributed by atoms with van der Waals surface area (Å²) >= 11 is 0. The molecule has 0 aliphatic heterocycles. The van der Waals surface area contributed by atoms with Gasteiger partial charge in [-0.1, -0.05) is 72.6 Å². The highest BCUT2D eigenvalue weighted by Gasteiger charge is 2.34. The molecule has 0 bridgehead atoms. The van der Waals surface area contributed by atoms with Crippen molar-refractivity contribution in [1.29, 1.82) is 0 Å². The molecule has 0 rings (SSSR count). The minimum absolute atomic E-state index is 0.0763. The summed E-state index contributed by atoms with van der Waals surface area (Å²) in [6.07, 6.45) is 11.5. The molecule has 0 heterocycles. The maximum absolute atomic E-state index is 12.4. The number of rotatable bonds is 15. The third kappa shape index (κ3) is 9.83. The highest BCUT2D eigenvalue weighted by Crippen LogP contribution is 2.38. The Hall–Kier alpha value is -0.0900. The smallest absolute Gasteiger partial charge is 0.267 e. The van der Waals surface area contributed by atoms with E-state index in [-0.39, 0.29) is 11.2 Å². The van der Waals surface area contributed by atoms with E-state index in [2.05, 4.69) is 20.8 Å². The maximum Gasteiger partial charge on any atom is 0.267 e. The Bertz CT molecular complexity index is 328. The van der Waals surface area contributed by atoms with Crippen LogP contribution in [-0.2, 0) is 14.3 Å². The minimum Gasteiger partial charge on any atom is -0.270 e. The van der Waals surface area contributed by atoms with Crippen LogP contribution in [0.15, 0.2) is 0 Å². The molecule has 0 fully saturated rings. The second kappa shape index (κ2) is 12.3. The zero-order valence-electron chi connectivity index (χ0n) is 15.3. The van der Waals surface area contributed by atoms with Crippen LogP contribution in [0.3, 0.4) is 0 Å². The summed E-state index contributed by atoms with van der Waals surface area (Å²) in [6.45, 7) is 8.91. The summed E-state index contributed by atoms with van der Waals surface area (Å²) in [4.78, 5) is 0. The van der Waals surface area contributed by atoms with Gasteiger partial charge in [0.05, 0.1) is 12.4 Å². The van der Waals surface area contributed by atoms with Crippen molar-refractivity contribution < 1.29 is 12.6 Å². The van der Waals surface area contributed by atoms with E-state index in [0.717, 1.165) is 70.6 Å². The van der Waals surface area contributed by atoms with Crippen LogP contribution in [0.4, 0.5) is 0 Å². The molecule has 0 atom stereocenters. The van der Waals surface area contributed by atoms with E-state index in [4.69, 9.17) is 4.18 Å². The van der Waals surface area contributed by atoms with Gasteiger partial charge >= 0.3 is 0 Å². The van der Waals surface area contributed by atoms with Crippen molar-refractivity contribution in [2.24, 2.45) is 5.41 Å². The highest BCUT2D eigenvalue weighted by atomic mass is 32.2. The molecule has 4 heteroatoms. The van der Waals surface area contributed by atoms with Crippen molar-refractivity contribution in [3.8, 4) is 0 Å². The molecule has 0 aromatic rings. The standard InChI is InChI=1S/C18H38O3S/c1-5-9-13-18(14-10-6-2,15-11-7-3)17-22(19,20)21-16-12-8-4/h5-17H2,1-4H3. The van der Waals surface area contributed by atoms with Gasteiger partial charge in [-0.25, -0.2) is 0 Å². The first-order valence-corrected chi connectivity index (χ1v) is 10.9. The molecule has 22 heavy (non-hydrogen) atoms. The Morgan fingerprint density at radius 2 is 1.14 bits per heavy atom. The summed E-state index contributed by atoms with van der Waals surface area (Å²) < 4.78 is 30.0. The average molecular weight is 335 g/mol. The van der Waals surface area contributed by atoms with Gasteiger partial charge in [-0.2, -0.15) is 8.42 Å². The molecule has 0 spiro atoms. The summed E-state index contributed by atoms with van der Waals surface area (Å²) in [5, 5.41) is 0. The molecule has 0 saturated carbocycles. The van der Waals surface area contributed by atoms with Crippen LogP contribution < -0.4 is 0 Å². The van der Waals surface area contributed by atoms with Crippen LogP contribution in [0.2, 0.25) is 0 Å². The lowest BCUT2D eigenvalue weighted by Crippen LogP contribution is -2.32. The lowest BCUT2D eigenvalue weighted by molar-refractivity contribution is 0.218. The van der Waals surface area contributed by atoms with Crippen LogP contribution in [0.5, 0.6) is 0 Å². The lowest BCUT2D eigenvalue weighted by atomic mass is 9.76. The van der Waals surface area contributed by atoms with Crippen LogP contribution in [0.25, 0.3) is 0 Å². The third-order valence-electron chi connectivity index (χ3n) is 4.43. The molecule has 0 aliphatic rings. The molecular weight excluding hydrogens is 296 g/mol. The summed E-state index contributed by atoms with van der Waals surface area (Å²) in [7, 11) is -3.40. The normalized spacial score (nSPS) is 12.7. The lowest BCUT2D eigenvalue weighted by Gasteiger charge is -2.34. The molecule has 3 nitrogen and oxygen atoms in total. The van der Waals surface area contributed by atoms with E-state index < -0.39 is 10.1 Å². The van der Waals surface area contributed by atoms with Crippen molar-refractivity contribution in [2.45, 2.75) is 98.3 Å². The van der Waals surface area contributed by atoms with Crippen molar-refractivity contribution in [1.82, 2.24) is 0 Å². The van der Waals surface area contributed by atoms with Gasteiger partial charge in [0.2, 0.25) is 0 Å². The zero-order valence-corrected chi connectivity index (χ0v) is 16.1. The number of hydrogen-bond acceptors (Lipinski definition) is 3. The Morgan fingerprint density at radius 3 is 1.50 bits per heavy atom. The van der Waals surface area contributed by atoms with E-state index in [1.807, 2.05) is 6.92 Å². The number of hydrogen-bond donors (Lipinski definition) is 0. The quantitative estimate of drug-likeness (QED) is 0.285. The second-order valence-electron chi connectivity index (χ2n) is 6.69. The van der Waals surface area contributed by atoms with E-state index >= 15 is 0 Å². The Kier molecular flexibility index (Phi) is 12.3. The molecule has 0 N–H and O–H groups in total. The average Bonchev–Trinajstić information content (AvgIpc) is 2.48. The van der Waals surface area contributed by atoms with E-state index in [9.17, 15) is 8.42 Å².